The van der Waals surface area contributed by atoms with Crippen molar-refractivity contribution in [2.24, 2.45) is 0 Å². The van der Waals surface area contributed by atoms with Gasteiger partial charge in [-0.15, -0.1) is 0 Å². The van der Waals surface area contributed by atoms with E-state index in [1.807, 2.05) is 6.07 Å². The fourth-order valence-electron chi connectivity index (χ4n) is 0.489. The van der Waals surface area contributed by atoms with Crippen molar-refractivity contribution in [3.05, 3.63) is 27.6 Å². The predicted molar refractivity (Wildman–Crippen MR) is 44.5 cm³/mol. The molecule has 0 atom stereocenters. The molecule has 0 amide bonds. The molecule has 3 radical (unpaired) electrons. The highest BCUT2D eigenvalue weighted by Crippen LogP contribution is 2.02. The van der Waals surface area contributed by atoms with Crippen molar-refractivity contribution in [3.8, 4) is 0 Å². The zero-order chi connectivity index (χ0) is 6.85. The van der Waals surface area contributed by atoms with E-state index in [0.29, 0.717) is 5.19 Å². The second-order valence-corrected chi connectivity index (χ2v) is 3.41. The molecular weight excluding hydrogens is 246 g/mol. The maximum Gasteiger partial charge on any atom is 0.122 e. The van der Waals surface area contributed by atoms with E-state index in [2.05, 4.69) is 32.8 Å². The van der Waals surface area contributed by atoms with E-state index in [1.165, 1.54) is 6.07 Å². The monoisotopic (exact) mass is 249 g/mol. The Labute approximate surface area is 70.0 Å². The maximum atomic E-state index is 12.5. The molecule has 0 saturated carbocycles. The largest absolute Gasteiger partial charge is 0.207 e. The molecule has 0 aliphatic rings. The van der Waals surface area contributed by atoms with Crippen LogP contribution < -0.4 is 5.19 Å². The van der Waals surface area contributed by atoms with Crippen LogP contribution in [0.1, 0.15) is 0 Å². The highest BCUT2D eigenvalue weighted by Gasteiger charge is 1.94. The Kier molecular flexibility index (Phi) is 2.23. The first-order chi connectivity index (χ1) is 4.20. The summed E-state index contributed by atoms with van der Waals surface area (Å²) in [5.74, 6) is -0.210. The average Bonchev–Trinajstić information content (AvgIpc) is 1.80. The molecule has 0 aromatic heterocycles. The van der Waals surface area contributed by atoms with E-state index in [4.69, 9.17) is 0 Å². The van der Waals surface area contributed by atoms with Crippen LogP contribution in [0.15, 0.2) is 18.2 Å². The standard InChI is InChI=1S/C6H3FISi/c7-5-3-4(8)1-2-6(5)9/h1-3H. The molecule has 0 bridgehead atoms. The van der Waals surface area contributed by atoms with E-state index in [-0.39, 0.29) is 5.82 Å². The molecule has 0 spiro atoms. The molecule has 1 aromatic rings. The van der Waals surface area contributed by atoms with Gasteiger partial charge in [0.1, 0.15) is 5.82 Å². The highest BCUT2D eigenvalue weighted by atomic mass is 127. The molecule has 0 fully saturated rings. The van der Waals surface area contributed by atoms with Crippen LogP contribution >= 0.6 is 22.6 Å². The molecule has 3 heteroatoms. The van der Waals surface area contributed by atoms with E-state index < -0.39 is 0 Å². The number of benzene rings is 1. The van der Waals surface area contributed by atoms with Crippen LogP contribution in [0.25, 0.3) is 0 Å². The maximum absolute atomic E-state index is 12.5. The van der Waals surface area contributed by atoms with Crippen molar-refractivity contribution < 1.29 is 4.39 Å². The predicted octanol–water partition coefficient (Wildman–Crippen LogP) is 1.22. The van der Waals surface area contributed by atoms with Crippen molar-refractivity contribution in [2.45, 2.75) is 0 Å². The molecule has 0 saturated heterocycles. The van der Waals surface area contributed by atoms with Gasteiger partial charge in [-0.2, -0.15) is 0 Å². The lowest BCUT2D eigenvalue weighted by Crippen LogP contribution is -2.06. The Bertz CT molecular complexity index is 224. The Morgan fingerprint density at radius 1 is 1.44 bits per heavy atom. The lowest BCUT2D eigenvalue weighted by Gasteiger charge is -1.93. The van der Waals surface area contributed by atoms with Crippen LogP contribution in [-0.4, -0.2) is 10.2 Å². The molecule has 0 aliphatic heterocycles. The first kappa shape index (κ1) is 7.21. The van der Waals surface area contributed by atoms with Gasteiger partial charge in [-0.05, 0) is 39.9 Å². The van der Waals surface area contributed by atoms with Gasteiger partial charge in [-0.25, -0.2) is 4.39 Å². The smallest absolute Gasteiger partial charge is 0.122 e. The summed E-state index contributed by atoms with van der Waals surface area (Å²) in [4.78, 5) is 0. The number of hydrogen-bond donors (Lipinski definition) is 0. The van der Waals surface area contributed by atoms with Gasteiger partial charge in [0.25, 0.3) is 0 Å². The normalized spacial score (nSPS) is 9.67. The van der Waals surface area contributed by atoms with Crippen molar-refractivity contribution in [3.63, 3.8) is 0 Å². The van der Waals surface area contributed by atoms with Crippen LogP contribution in [0, 0.1) is 9.39 Å². The second kappa shape index (κ2) is 2.79. The second-order valence-electron chi connectivity index (χ2n) is 1.62. The van der Waals surface area contributed by atoms with Crippen molar-refractivity contribution in [1.82, 2.24) is 0 Å². The van der Waals surface area contributed by atoms with Crippen LogP contribution in [-0.2, 0) is 0 Å². The third-order valence-corrected chi connectivity index (χ3v) is 2.01. The van der Waals surface area contributed by atoms with Crippen molar-refractivity contribution >= 4 is 38.0 Å². The van der Waals surface area contributed by atoms with E-state index >= 15 is 0 Å². The SMILES string of the molecule is Fc1cc(I)ccc1[Si]. The van der Waals surface area contributed by atoms with Gasteiger partial charge in [0.05, 0.1) is 10.2 Å². The zero-order valence-corrected chi connectivity index (χ0v) is 7.65. The quantitative estimate of drug-likeness (QED) is 0.479. The van der Waals surface area contributed by atoms with E-state index in [0.717, 1.165) is 3.57 Å². The van der Waals surface area contributed by atoms with Crippen molar-refractivity contribution in [1.29, 1.82) is 0 Å². The Morgan fingerprint density at radius 2 is 2.11 bits per heavy atom. The van der Waals surface area contributed by atoms with Crippen LogP contribution in [0.5, 0.6) is 0 Å². The molecule has 9 heavy (non-hydrogen) atoms. The molecule has 0 aliphatic carbocycles. The van der Waals surface area contributed by atoms with Gasteiger partial charge in [0.2, 0.25) is 0 Å². The molecule has 45 valence electrons. The minimum Gasteiger partial charge on any atom is -0.207 e. The lowest BCUT2D eigenvalue weighted by molar-refractivity contribution is 0.635. The zero-order valence-electron chi connectivity index (χ0n) is 4.49. The number of halogens is 2. The van der Waals surface area contributed by atoms with Crippen LogP contribution in [0.4, 0.5) is 4.39 Å². The minimum atomic E-state index is -0.210. The molecule has 1 aromatic carbocycles. The fourth-order valence-corrected chi connectivity index (χ4v) is 1.10. The Balaban J connectivity index is 3.17. The van der Waals surface area contributed by atoms with Crippen LogP contribution in [0.2, 0.25) is 0 Å². The van der Waals surface area contributed by atoms with Gasteiger partial charge in [0, 0.05) is 3.57 Å². The first-order valence-corrected chi connectivity index (χ1v) is 3.94. The molecule has 1 rings (SSSR count). The summed E-state index contributed by atoms with van der Waals surface area (Å²) in [6, 6.07) is 5.00. The van der Waals surface area contributed by atoms with Gasteiger partial charge >= 0.3 is 0 Å². The third kappa shape index (κ3) is 1.75. The summed E-state index contributed by atoms with van der Waals surface area (Å²) in [6.07, 6.45) is 0. The third-order valence-electron chi connectivity index (χ3n) is 0.931. The summed E-state index contributed by atoms with van der Waals surface area (Å²) >= 11 is 2.06. The fraction of sp³-hybridized carbons (Fsp3) is 0. The minimum absolute atomic E-state index is 0.210. The van der Waals surface area contributed by atoms with E-state index in [9.17, 15) is 4.39 Å². The summed E-state index contributed by atoms with van der Waals surface area (Å²) in [7, 11) is 3.10. The summed E-state index contributed by atoms with van der Waals surface area (Å²) < 4.78 is 13.4. The Hall–Kier alpha value is 0.0969. The van der Waals surface area contributed by atoms with Gasteiger partial charge in [-0.3, -0.25) is 0 Å². The summed E-state index contributed by atoms with van der Waals surface area (Å²) in [6.45, 7) is 0. The average molecular weight is 249 g/mol. The van der Waals surface area contributed by atoms with Gasteiger partial charge in [-0.1, -0.05) is 6.07 Å². The van der Waals surface area contributed by atoms with Crippen molar-refractivity contribution in [2.75, 3.05) is 0 Å². The first-order valence-electron chi connectivity index (χ1n) is 2.37. The topological polar surface area (TPSA) is 0 Å². The van der Waals surface area contributed by atoms with Crippen LogP contribution in [0.3, 0.4) is 0 Å². The summed E-state index contributed by atoms with van der Waals surface area (Å²) in [5, 5.41) is 0.510. The molecule has 0 nitrogen and oxygen atoms in total. The van der Waals surface area contributed by atoms with Gasteiger partial charge < -0.3 is 0 Å². The molecule has 0 N–H and O–H groups in total. The molecule has 0 unspecified atom stereocenters. The number of rotatable bonds is 0. The van der Waals surface area contributed by atoms with Gasteiger partial charge in [0.15, 0.2) is 0 Å². The highest BCUT2D eigenvalue weighted by molar-refractivity contribution is 14.1. The summed E-state index contributed by atoms with van der Waals surface area (Å²) in [5.41, 5.74) is 0. The van der Waals surface area contributed by atoms with E-state index in [1.54, 1.807) is 6.07 Å². The molecular formula is C6H3FISi. The Morgan fingerprint density at radius 3 is 2.56 bits per heavy atom. The lowest BCUT2D eigenvalue weighted by atomic mass is 10.3. The number of hydrogen-bond acceptors (Lipinski definition) is 0. The molecule has 0 heterocycles.